The summed E-state index contributed by atoms with van der Waals surface area (Å²) in [6.07, 6.45) is 0.808. The van der Waals surface area contributed by atoms with Crippen LogP contribution in [0.1, 0.15) is 30.1 Å². The van der Waals surface area contributed by atoms with E-state index in [2.05, 4.69) is 5.32 Å². The van der Waals surface area contributed by atoms with E-state index in [0.717, 1.165) is 12.1 Å². The summed E-state index contributed by atoms with van der Waals surface area (Å²) >= 11 is 0. The molecule has 5 heteroatoms. The maximum Gasteiger partial charge on any atom is 0.303 e. The molecule has 2 N–H and O–H groups in total. The molecule has 0 aliphatic carbocycles. The summed E-state index contributed by atoms with van der Waals surface area (Å²) in [6.45, 7) is 2.31. The lowest BCUT2D eigenvalue weighted by Gasteiger charge is -2.15. The molecular formula is C15H22N2O3. The first-order valence-corrected chi connectivity index (χ1v) is 6.71. The minimum atomic E-state index is -0.832. The molecule has 0 aromatic heterocycles. The van der Waals surface area contributed by atoms with Gasteiger partial charge < -0.3 is 15.3 Å². The number of carbonyl (C=O) groups is 2. The van der Waals surface area contributed by atoms with Crippen molar-refractivity contribution >= 4 is 17.6 Å². The fourth-order valence-corrected chi connectivity index (χ4v) is 1.86. The standard InChI is InChI=1S/C15H22N2O3/c1-4-11(9-14(18)19)10-16-15(20)12-5-7-13(8-6-12)17(2)3/h5-8,11H,4,9-10H2,1-3H3,(H,16,20)(H,18,19). The van der Waals surface area contributed by atoms with Gasteiger partial charge in [-0.05, 0) is 30.2 Å². The molecule has 0 spiro atoms. The molecule has 1 rings (SSSR count). The Morgan fingerprint density at radius 3 is 2.30 bits per heavy atom. The Morgan fingerprint density at radius 1 is 1.25 bits per heavy atom. The summed E-state index contributed by atoms with van der Waals surface area (Å²) in [5.74, 6) is -1.03. The molecule has 1 aromatic carbocycles. The molecule has 0 radical (unpaired) electrons. The fourth-order valence-electron chi connectivity index (χ4n) is 1.86. The molecule has 110 valence electrons. The average Bonchev–Trinajstić information content (AvgIpc) is 2.42. The lowest BCUT2D eigenvalue weighted by Crippen LogP contribution is -2.30. The third kappa shape index (κ3) is 4.91. The van der Waals surface area contributed by atoms with Crippen molar-refractivity contribution in [2.75, 3.05) is 25.5 Å². The quantitative estimate of drug-likeness (QED) is 0.800. The molecule has 0 bridgehead atoms. The number of nitrogens with zero attached hydrogens (tertiary/aromatic N) is 1. The lowest BCUT2D eigenvalue weighted by atomic mass is 10.0. The summed E-state index contributed by atoms with van der Waals surface area (Å²) in [7, 11) is 3.87. The second-order valence-corrected chi connectivity index (χ2v) is 5.02. The summed E-state index contributed by atoms with van der Waals surface area (Å²) in [5, 5.41) is 11.6. The van der Waals surface area contributed by atoms with Gasteiger partial charge in [0.1, 0.15) is 0 Å². The van der Waals surface area contributed by atoms with Crippen LogP contribution in [0.25, 0.3) is 0 Å². The minimum Gasteiger partial charge on any atom is -0.481 e. The normalized spacial score (nSPS) is 11.8. The van der Waals surface area contributed by atoms with Crippen LogP contribution >= 0.6 is 0 Å². The third-order valence-electron chi connectivity index (χ3n) is 3.24. The molecule has 0 aliphatic rings. The molecule has 5 nitrogen and oxygen atoms in total. The van der Waals surface area contributed by atoms with Crippen LogP contribution in [-0.2, 0) is 4.79 Å². The Morgan fingerprint density at radius 2 is 1.85 bits per heavy atom. The molecule has 1 atom stereocenters. The molecule has 1 amide bonds. The smallest absolute Gasteiger partial charge is 0.303 e. The molecule has 20 heavy (non-hydrogen) atoms. The third-order valence-corrected chi connectivity index (χ3v) is 3.24. The van der Waals surface area contributed by atoms with Crippen LogP contribution < -0.4 is 10.2 Å². The number of benzene rings is 1. The van der Waals surface area contributed by atoms with Gasteiger partial charge in [0.05, 0.1) is 0 Å². The van der Waals surface area contributed by atoms with Crippen LogP contribution in [0.3, 0.4) is 0 Å². The van der Waals surface area contributed by atoms with Crippen molar-refractivity contribution in [3.8, 4) is 0 Å². The predicted molar refractivity (Wildman–Crippen MR) is 79.1 cm³/mol. The van der Waals surface area contributed by atoms with Gasteiger partial charge >= 0.3 is 5.97 Å². The van der Waals surface area contributed by atoms with E-state index in [1.807, 2.05) is 38.1 Å². The van der Waals surface area contributed by atoms with Gasteiger partial charge in [-0.15, -0.1) is 0 Å². The first kappa shape index (κ1) is 16.0. The zero-order chi connectivity index (χ0) is 15.1. The maximum atomic E-state index is 12.0. The predicted octanol–water partition coefficient (Wildman–Crippen LogP) is 1.98. The molecule has 1 aromatic rings. The van der Waals surface area contributed by atoms with Crippen LogP contribution in [0.15, 0.2) is 24.3 Å². The zero-order valence-electron chi connectivity index (χ0n) is 12.2. The molecular weight excluding hydrogens is 256 g/mol. The van der Waals surface area contributed by atoms with Gasteiger partial charge in [-0.25, -0.2) is 0 Å². The summed E-state index contributed by atoms with van der Waals surface area (Å²) in [4.78, 5) is 24.6. The molecule has 0 saturated heterocycles. The molecule has 0 fully saturated rings. The number of carboxylic acids is 1. The Hall–Kier alpha value is -2.04. The van der Waals surface area contributed by atoms with Crippen LogP contribution in [-0.4, -0.2) is 37.6 Å². The van der Waals surface area contributed by atoms with E-state index in [9.17, 15) is 9.59 Å². The Bertz CT molecular complexity index is 455. The van der Waals surface area contributed by atoms with Gasteiger partial charge in [0, 0.05) is 38.3 Å². The Labute approximate surface area is 119 Å². The van der Waals surface area contributed by atoms with E-state index >= 15 is 0 Å². The summed E-state index contributed by atoms with van der Waals surface area (Å²) in [5.41, 5.74) is 1.61. The number of hydrogen-bond donors (Lipinski definition) is 2. The fraction of sp³-hybridized carbons (Fsp3) is 0.467. The van der Waals surface area contributed by atoms with Crippen molar-refractivity contribution in [1.29, 1.82) is 0 Å². The number of hydrogen-bond acceptors (Lipinski definition) is 3. The van der Waals surface area contributed by atoms with Gasteiger partial charge in [-0.2, -0.15) is 0 Å². The highest BCUT2D eigenvalue weighted by Crippen LogP contribution is 2.12. The van der Waals surface area contributed by atoms with Crippen molar-refractivity contribution < 1.29 is 14.7 Å². The highest BCUT2D eigenvalue weighted by atomic mass is 16.4. The van der Waals surface area contributed by atoms with Crippen LogP contribution in [0, 0.1) is 5.92 Å². The van der Waals surface area contributed by atoms with Gasteiger partial charge in [-0.3, -0.25) is 9.59 Å². The zero-order valence-corrected chi connectivity index (χ0v) is 12.2. The molecule has 0 heterocycles. The SMILES string of the molecule is CCC(CNC(=O)c1ccc(N(C)C)cc1)CC(=O)O. The van der Waals surface area contributed by atoms with Crippen molar-refractivity contribution in [2.45, 2.75) is 19.8 Å². The van der Waals surface area contributed by atoms with E-state index in [0.29, 0.717) is 12.1 Å². The van der Waals surface area contributed by atoms with Crippen molar-refractivity contribution in [2.24, 2.45) is 5.92 Å². The Kier molecular flexibility index (Phi) is 6.03. The minimum absolute atomic E-state index is 0.0301. The number of anilines is 1. The maximum absolute atomic E-state index is 12.0. The molecule has 1 unspecified atom stereocenters. The Balaban J connectivity index is 2.55. The second kappa shape index (κ2) is 7.53. The number of carbonyl (C=O) groups excluding carboxylic acids is 1. The highest BCUT2D eigenvalue weighted by Gasteiger charge is 2.13. The number of carboxylic acid groups (broad SMARTS) is 1. The second-order valence-electron chi connectivity index (χ2n) is 5.02. The summed E-state index contributed by atoms with van der Waals surface area (Å²) in [6, 6.07) is 7.29. The van der Waals surface area contributed by atoms with Gasteiger partial charge in [0.25, 0.3) is 5.91 Å². The van der Waals surface area contributed by atoms with Crippen molar-refractivity contribution in [3.63, 3.8) is 0 Å². The molecule has 0 aliphatic heterocycles. The van der Waals surface area contributed by atoms with Crippen molar-refractivity contribution in [3.05, 3.63) is 29.8 Å². The summed E-state index contributed by atoms with van der Waals surface area (Å²) < 4.78 is 0. The number of aliphatic carboxylic acids is 1. The highest BCUT2D eigenvalue weighted by molar-refractivity contribution is 5.94. The number of rotatable bonds is 7. The van der Waals surface area contributed by atoms with E-state index < -0.39 is 5.97 Å². The number of amides is 1. The van der Waals surface area contributed by atoms with Gasteiger partial charge in [0.15, 0.2) is 0 Å². The first-order valence-electron chi connectivity index (χ1n) is 6.71. The largest absolute Gasteiger partial charge is 0.481 e. The monoisotopic (exact) mass is 278 g/mol. The first-order chi connectivity index (χ1) is 9.43. The van der Waals surface area contributed by atoms with E-state index in [-0.39, 0.29) is 18.2 Å². The lowest BCUT2D eigenvalue weighted by molar-refractivity contribution is -0.138. The van der Waals surface area contributed by atoms with Gasteiger partial charge in [0.2, 0.25) is 0 Å². The van der Waals surface area contributed by atoms with E-state index in [4.69, 9.17) is 5.11 Å². The van der Waals surface area contributed by atoms with Crippen molar-refractivity contribution in [1.82, 2.24) is 5.32 Å². The average molecular weight is 278 g/mol. The van der Waals surface area contributed by atoms with Crippen LogP contribution in [0.4, 0.5) is 5.69 Å². The van der Waals surface area contributed by atoms with E-state index in [1.165, 1.54) is 0 Å². The molecule has 0 saturated carbocycles. The van der Waals surface area contributed by atoms with Crippen LogP contribution in [0.5, 0.6) is 0 Å². The van der Waals surface area contributed by atoms with Crippen LogP contribution in [0.2, 0.25) is 0 Å². The van der Waals surface area contributed by atoms with Gasteiger partial charge in [-0.1, -0.05) is 13.3 Å². The topological polar surface area (TPSA) is 69.6 Å². The number of nitrogens with one attached hydrogen (secondary N) is 1. The van der Waals surface area contributed by atoms with E-state index in [1.54, 1.807) is 12.1 Å².